The lowest BCUT2D eigenvalue weighted by atomic mass is 9.83. The van der Waals surface area contributed by atoms with E-state index in [4.69, 9.17) is 23.0 Å². The highest BCUT2D eigenvalue weighted by atomic mass is 31.2. The number of hydrogen-bond donors (Lipinski definition) is 10. The summed E-state index contributed by atoms with van der Waals surface area (Å²) in [5.74, 6) is -4.77. The minimum absolute atomic E-state index is 0.0165. The van der Waals surface area contributed by atoms with Crippen molar-refractivity contribution in [1.29, 1.82) is 0 Å². The molecule has 2 aliphatic rings. The molecule has 0 aromatic heterocycles. The quantitative estimate of drug-likeness (QED) is 0.0257. The van der Waals surface area contributed by atoms with Crippen LogP contribution in [0.15, 0.2) is 72.9 Å². The van der Waals surface area contributed by atoms with Gasteiger partial charge in [-0.1, -0.05) is 119 Å². The standard InChI is InChI=1S/C47H78O19P2/c1-3-5-7-8-9-10-11-12-13-14-15-16-17-18-19-20-22-27-40(51)62-32-35-33-63-68(60,61)66-47-45(56)44(55)42(53)36(26-23-24-28-41(52)64-35)38(49)31-39(50)37(30-29-34(48)25-21-6-4-2)43(54)46(47)65-67(57,58)59/h5,7,9-10,12-13,15-16,23-24,29-30,34-39,42-50,53-56H,3-4,6,8,11,14,17-22,25-28,31-33H2,1-2H3,(H,60,61)(H2,57,58,59)/b7-5-,10-9-,13-12-,16-15-,24-23-,30-29-/t34-,35-,36-,37+,38+,39-,42-,43-,44+,45-,46-,47+/m1/s1. The fraction of sp³-hybridized carbons (Fsp3) is 0.702. The molecule has 1 fully saturated rings. The van der Waals surface area contributed by atoms with Gasteiger partial charge in [-0.15, -0.1) is 0 Å². The van der Waals surface area contributed by atoms with Gasteiger partial charge < -0.3 is 59.9 Å². The van der Waals surface area contributed by atoms with E-state index >= 15 is 0 Å². The van der Waals surface area contributed by atoms with E-state index in [0.29, 0.717) is 12.8 Å². The van der Waals surface area contributed by atoms with E-state index in [0.717, 1.165) is 70.3 Å². The van der Waals surface area contributed by atoms with E-state index in [2.05, 4.69) is 55.5 Å². The summed E-state index contributed by atoms with van der Waals surface area (Å²) in [4.78, 5) is 56.5. The van der Waals surface area contributed by atoms with Gasteiger partial charge >= 0.3 is 27.6 Å². The predicted octanol–water partition coefficient (Wildman–Crippen LogP) is 5.22. The number of carbonyl (C=O) groups excluding carboxylic acids is 2. The predicted molar refractivity (Wildman–Crippen MR) is 252 cm³/mol. The Labute approximate surface area is 400 Å². The van der Waals surface area contributed by atoms with Crippen molar-refractivity contribution in [2.24, 2.45) is 11.8 Å². The van der Waals surface area contributed by atoms with Crippen LogP contribution >= 0.6 is 15.6 Å². The zero-order chi connectivity index (χ0) is 50.5. The number of fused-ring (bicyclic) bond motifs is 4. The first-order valence-corrected chi connectivity index (χ1v) is 26.8. The topological polar surface area (TPSA) is 317 Å². The second kappa shape index (κ2) is 33.8. The first kappa shape index (κ1) is 61.4. The van der Waals surface area contributed by atoms with Gasteiger partial charge in [-0.25, -0.2) is 9.13 Å². The summed E-state index contributed by atoms with van der Waals surface area (Å²) in [6, 6.07) is 0. The molecule has 1 heterocycles. The number of carbonyl (C=O) groups is 2. The molecule has 0 aromatic rings. The Morgan fingerprint density at radius 3 is 2.13 bits per heavy atom. The Hall–Kier alpha value is -2.68. The Morgan fingerprint density at radius 2 is 1.49 bits per heavy atom. The van der Waals surface area contributed by atoms with Gasteiger partial charge in [-0.05, 0) is 57.8 Å². The second-order valence-electron chi connectivity index (χ2n) is 17.1. The number of aliphatic hydroxyl groups excluding tert-OH is 7. The Bertz CT molecular complexity index is 1710. The van der Waals surface area contributed by atoms with Gasteiger partial charge in [0.15, 0.2) is 6.10 Å². The van der Waals surface area contributed by atoms with Crippen LogP contribution in [0.1, 0.15) is 123 Å². The molecule has 0 saturated heterocycles. The van der Waals surface area contributed by atoms with Crippen LogP contribution in [0.2, 0.25) is 0 Å². The summed E-state index contributed by atoms with van der Waals surface area (Å²) >= 11 is 0. The van der Waals surface area contributed by atoms with Gasteiger partial charge in [0.05, 0.1) is 43.5 Å². The third-order valence-corrected chi connectivity index (χ3v) is 12.9. The van der Waals surface area contributed by atoms with Crippen LogP contribution in [0.3, 0.4) is 0 Å². The molecule has 1 unspecified atom stereocenters. The van der Waals surface area contributed by atoms with Gasteiger partial charge in [-0.3, -0.25) is 23.2 Å². The van der Waals surface area contributed by atoms with Crippen molar-refractivity contribution in [2.45, 2.75) is 184 Å². The van der Waals surface area contributed by atoms with Crippen LogP contribution in [-0.2, 0) is 41.8 Å². The summed E-state index contributed by atoms with van der Waals surface area (Å²) in [7, 11) is -11.4. The molecule has 390 valence electrons. The molecule has 1 aliphatic carbocycles. The normalized spacial score (nSPS) is 31.8. The molecule has 0 radical (unpaired) electrons. The molecule has 0 aromatic carbocycles. The lowest BCUT2D eigenvalue weighted by Crippen LogP contribution is -2.56. The molecule has 13 atom stereocenters. The van der Waals surface area contributed by atoms with Crippen molar-refractivity contribution in [3.05, 3.63) is 72.9 Å². The van der Waals surface area contributed by atoms with Crippen LogP contribution in [0.4, 0.5) is 0 Å². The van der Waals surface area contributed by atoms with Crippen LogP contribution in [-0.4, -0.2) is 137 Å². The number of unbranched alkanes of at least 4 members (excludes halogenated alkanes) is 6. The number of hydrogen-bond acceptors (Lipinski definition) is 16. The highest BCUT2D eigenvalue weighted by Gasteiger charge is 2.51. The van der Waals surface area contributed by atoms with Gasteiger partial charge in [0.25, 0.3) is 0 Å². The number of ether oxygens (including phenoxy) is 2. The Kier molecular flexibility index (Phi) is 30.6. The fourth-order valence-corrected chi connectivity index (χ4v) is 9.10. The maximum Gasteiger partial charge on any atom is 0.472 e. The number of phosphoric ester groups is 2. The third-order valence-electron chi connectivity index (χ3n) is 11.4. The van der Waals surface area contributed by atoms with E-state index in [9.17, 15) is 69.1 Å². The molecular weight excluding hydrogens is 930 g/mol. The number of aliphatic hydroxyl groups is 7. The number of phosphoric acid groups is 2. The first-order valence-electron chi connectivity index (χ1n) is 23.7. The molecule has 1 saturated carbocycles. The molecule has 19 nitrogen and oxygen atoms in total. The third kappa shape index (κ3) is 25.4. The molecule has 2 bridgehead atoms. The fourth-order valence-electron chi connectivity index (χ4n) is 7.58. The average Bonchev–Trinajstić information content (AvgIpc) is 3.28. The van der Waals surface area contributed by atoms with Crippen LogP contribution < -0.4 is 0 Å². The van der Waals surface area contributed by atoms with Crippen molar-refractivity contribution >= 4 is 27.6 Å². The average molecular weight is 1010 g/mol. The smallest absolute Gasteiger partial charge is 0.462 e. The molecule has 0 spiro atoms. The van der Waals surface area contributed by atoms with Crippen molar-refractivity contribution in [3.63, 3.8) is 0 Å². The van der Waals surface area contributed by atoms with Crippen molar-refractivity contribution in [3.8, 4) is 0 Å². The number of cyclic esters (lactones) is 1. The Morgan fingerprint density at radius 1 is 0.838 bits per heavy atom. The number of esters is 2. The number of rotatable bonds is 24. The van der Waals surface area contributed by atoms with Gasteiger partial charge in [0.2, 0.25) is 0 Å². The van der Waals surface area contributed by atoms with Gasteiger partial charge in [0.1, 0.15) is 31.0 Å². The summed E-state index contributed by atoms with van der Waals surface area (Å²) in [5.41, 5.74) is 0. The molecule has 0 amide bonds. The zero-order valence-corrected chi connectivity index (χ0v) is 41.1. The number of allylic oxidation sites excluding steroid dienone is 9. The van der Waals surface area contributed by atoms with Gasteiger partial charge in [-0.2, -0.15) is 0 Å². The van der Waals surface area contributed by atoms with Crippen molar-refractivity contribution in [2.75, 3.05) is 13.2 Å². The minimum atomic E-state index is -5.76. The summed E-state index contributed by atoms with van der Waals surface area (Å²) < 4.78 is 51.8. The molecule has 2 rings (SSSR count). The zero-order valence-electron chi connectivity index (χ0n) is 39.3. The van der Waals surface area contributed by atoms with Crippen LogP contribution in [0, 0.1) is 11.8 Å². The maximum absolute atomic E-state index is 13.6. The summed E-state index contributed by atoms with van der Waals surface area (Å²) in [6.45, 7) is 2.40. The van der Waals surface area contributed by atoms with E-state index < -0.39 is 127 Å². The van der Waals surface area contributed by atoms with E-state index in [1.807, 2.05) is 6.92 Å². The van der Waals surface area contributed by atoms with E-state index in [1.54, 1.807) is 0 Å². The highest BCUT2D eigenvalue weighted by Crippen LogP contribution is 2.49. The molecule has 21 heteroatoms. The van der Waals surface area contributed by atoms with Crippen molar-refractivity contribution in [1.82, 2.24) is 0 Å². The lowest BCUT2D eigenvalue weighted by Gasteiger charge is -2.38. The van der Waals surface area contributed by atoms with Gasteiger partial charge in [0, 0.05) is 24.7 Å². The SMILES string of the molecule is CC/C=C\C/C=C\C/C=C\C/C=C\CCCCCCC(=O)OC[C@@H]1COP(=O)(O)O[C@H]2[C@H](O)[C@@H](O)[C@H](O)[C@H](C/C=C\CC(=O)O1)[C@@H](O)C[C@@H](O)[C@H](/C=C\[C@H](O)CCCCC)[C@@H](O)[C@H]2OP(=O)(O)O. The molecule has 10 N–H and O–H groups in total. The summed E-state index contributed by atoms with van der Waals surface area (Å²) in [6.07, 6.45) is 9.34. The van der Waals surface area contributed by atoms with Crippen molar-refractivity contribution < 1.29 is 92.2 Å². The highest BCUT2D eigenvalue weighted by molar-refractivity contribution is 7.47. The maximum atomic E-state index is 13.6. The monoisotopic (exact) mass is 1010 g/mol. The largest absolute Gasteiger partial charge is 0.472 e. The van der Waals surface area contributed by atoms with Crippen LogP contribution in [0.25, 0.3) is 0 Å². The molecule has 68 heavy (non-hydrogen) atoms. The second-order valence-corrected chi connectivity index (χ2v) is 19.7. The Balaban J connectivity index is 2.24. The minimum Gasteiger partial charge on any atom is -0.462 e. The van der Waals surface area contributed by atoms with E-state index in [-0.39, 0.29) is 19.3 Å². The van der Waals surface area contributed by atoms with E-state index in [1.165, 1.54) is 18.2 Å². The lowest BCUT2D eigenvalue weighted by molar-refractivity contribution is -0.165. The first-order chi connectivity index (χ1) is 32.3. The molecule has 1 aliphatic heterocycles. The summed E-state index contributed by atoms with van der Waals surface area (Å²) in [5, 5.41) is 79.2. The van der Waals surface area contributed by atoms with Crippen LogP contribution in [0.5, 0.6) is 0 Å². The molecular formula is C47H78O19P2.